The Balaban J connectivity index is -0.0000000183. The fourth-order valence-corrected chi connectivity index (χ4v) is 0. The van der Waals surface area contributed by atoms with Gasteiger partial charge in [-0.3, -0.25) is 0 Å². The first-order valence-electron chi connectivity index (χ1n) is 0.670. The average Bonchev–Trinajstić information content (AvgIpc) is 1.41. The van der Waals surface area contributed by atoms with E-state index in [2.05, 4.69) is 11.9 Å². The molecule has 0 radical (unpaired) electrons. The minimum atomic E-state index is -2.86. The summed E-state index contributed by atoms with van der Waals surface area (Å²) in [5.41, 5.74) is 0. The second-order valence-corrected chi connectivity index (χ2v) is 0.651. The van der Waals surface area contributed by atoms with Gasteiger partial charge >= 0.3 is 59.1 Å². The van der Waals surface area contributed by atoms with Gasteiger partial charge in [-0.05, 0) is 0 Å². The second kappa shape index (κ2) is 22.8. The van der Waals surface area contributed by atoms with Crippen LogP contribution in [0.5, 0.6) is 0 Å². The van der Waals surface area contributed by atoms with E-state index in [1.54, 1.807) is 0 Å². The Kier molecular flexibility index (Phi) is 63.9. The normalized spacial score (nSPS) is 8.50. The smallest absolute Gasteiger partial charge is 0.769 e. The van der Waals surface area contributed by atoms with Crippen LogP contribution in [0.15, 0.2) is 0 Å². The van der Waals surface area contributed by atoms with E-state index in [0.717, 1.165) is 0 Å². The topological polar surface area (TPSA) is 83.4 Å². The summed E-state index contributed by atoms with van der Waals surface area (Å²) < 4.78 is 31.8. The van der Waals surface area contributed by atoms with Gasteiger partial charge in [0.1, 0.15) is 0 Å². The third-order valence-electron chi connectivity index (χ3n) is 0. The van der Waals surface area contributed by atoms with Gasteiger partial charge in [0.15, 0.2) is 0 Å². The number of halogens is 1. The van der Waals surface area contributed by atoms with E-state index in [0.29, 0.717) is 0 Å². The summed E-state index contributed by atoms with van der Waals surface area (Å²) in [5.74, 6) is 0. The van der Waals surface area contributed by atoms with Gasteiger partial charge in [0.25, 0.3) is 0 Å². The third kappa shape index (κ3) is 82.8. The van der Waals surface area contributed by atoms with Crippen LogP contribution in [-0.4, -0.2) is 13.3 Å². The van der Waals surface area contributed by atoms with Crippen molar-refractivity contribution in [3.05, 3.63) is 0 Å². The maximum atomic E-state index is 8.56. The maximum Gasteiger partial charge on any atom is 1.00 e. The molecule has 40 valence electrons. The molecule has 0 aliphatic carbocycles. The zero-order valence-electron chi connectivity index (χ0n) is 4.46. The molecule has 0 aromatic rings. The first kappa shape index (κ1) is 22.4. The summed E-state index contributed by atoms with van der Waals surface area (Å²) in [6.07, 6.45) is 0. The first-order chi connectivity index (χ1) is 2.73. The summed E-state index contributed by atoms with van der Waals surface area (Å²) in [5, 5.41) is 0. The van der Waals surface area contributed by atoms with Crippen molar-refractivity contribution >= 4 is 23.2 Å². The molecule has 0 spiro atoms. The van der Waals surface area contributed by atoms with E-state index in [1.165, 1.54) is 0 Å². The molecular formula is HClNa2O4S. The van der Waals surface area contributed by atoms with Crippen molar-refractivity contribution in [2.75, 3.05) is 0 Å². The Morgan fingerprint density at radius 3 is 1.38 bits per heavy atom. The fraction of sp³-hybridized carbons (Fsp3) is 0. The summed E-state index contributed by atoms with van der Waals surface area (Å²) in [7, 11) is 0. The van der Waals surface area contributed by atoms with E-state index in [9.17, 15) is 0 Å². The van der Waals surface area contributed by atoms with Crippen LogP contribution in [0.2, 0.25) is 0 Å². The predicted molar refractivity (Wildman–Crippen MR) is 17.4 cm³/mol. The molecule has 0 saturated heterocycles. The van der Waals surface area contributed by atoms with E-state index < -0.39 is 11.4 Å². The van der Waals surface area contributed by atoms with Gasteiger partial charge in [0, 0.05) is 0 Å². The van der Waals surface area contributed by atoms with E-state index in [-0.39, 0.29) is 59.1 Å². The molecule has 0 aromatic carbocycles. The molecule has 0 saturated carbocycles. The standard InChI is InChI=1S/ClO.2Na.H2O3S/c1-2;;;1-4(2)3/h;;;(H2,1,2,3)/q-1;2*+1;/p-1. The van der Waals surface area contributed by atoms with E-state index in [4.69, 9.17) is 18.0 Å². The Labute approximate surface area is 98.9 Å². The third-order valence-corrected chi connectivity index (χ3v) is 0. The molecule has 0 bridgehead atoms. The van der Waals surface area contributed by atoms with Gasteiger partial charge in [-0.1, -0.05) is 0 Å². The largest absolute Gasteiger partial charge is 1.00 e. The Bertz CT molecular complexity index is 37.0. The van der Waals surface area contributed by atoms with Crippen LogP contribution in [-0.2, 0) is 11.4 Å². The first-order valence-corrected chi connectivity index (χ1v) is 2.01. The van der Waals surface area contributed by atoms with Gasteiger partial charge in [-0.2, -0.15) is 0 Å². The average molecular weight is 179 g/mol. The monoisotopic (exact) mass is 178 g/mol. The predicted octanol–water partition coefficient (Wildman–Crippen LogP) is -7.15. The van der Waals surface area contributed by atoms with Gasteiger partial charge in [0.05, 0.1) is 11.4 Å². The summed E-state index contributed by atoms with van der Waals surface area (Å²) in [4.78, 5) is 0. The Morgan fingerprint density at radius 1 is 1.38 bits per heavy atom. The fourth-order valence-electron chi connectivity index (χ4n) is 0. The molecule has 0 aliphatic heterocycles. The van der Waals surface area contributed by atoms with Gasteiger partial charge in [-0.15, -0.1) is 0 Å². The van der Waals surface area contributed by atoms with Crippen LogP contribution in [0.25, 0.3) is 0 Å². The van der Waals surface area contributed by atoms with Crippen LogP contribution in [0.3, 0.4) is 0 Å². The zero-order valence-corrected chi connectivity index (χ0v) is 10.0. The van der Waals surface area contributed by atoms with Gasteiger partial charge < -0.3 is 13.8 Å². The van der Waals surface area contributed by atoms with Crippen molar-refractivity contribution in [3.63, 3.8) is 0 Å². The molecule has 4 nitrogen and oxygen atoms in total. The van der Waals surface area contributed by atoms with Crippen LogP contribution in [0, 0.1) is 0 Å². The molecule has 8 heavy (non-hydrogen) atoms. The molecule has 1 N–H and O–H groups in total. The summed E-state index contributed by atoms with van der Waals surface area (Å²) >= 11 is 0.528. The molecule has 0 rings (SSSR count). The van der Waals surface area contributed by atoms with Gasteiger partial charge in [-0.25, -0.2) is 16.1 Å². The molecule has 1 atom stereocenters. The van der Waals surface area contributed by atoms with Crippen LogP contribution < -0.4 is 63.8 Å². The number of hydrogen-bond donors (Lipinski definition) is 1. The molecule has 0 aromatic heterocycles. The molecular weight excluding hydrogens is 177 g/mol. The molecule has 0 heterocycles. The number of hydrogen-bond acceptors (Lipinski definition) is 3. The van der Waals surface area contributed by atoms with Crippen molar-refractivity contribution in [1.82, 2.24) is 0 Å². The summed E-state index contributed by atoms with van der Waals surface area (Å²) in [6, 6.07) is 0. The molecule has 0 fully saturated rings. The SMILES string of the molecule is O=S([O-])O.[Na+].[Na+].[O-]Cl. The Hall–Kier alpha value is 2.32. The zero-order chi connectivity index (χ0) is 5.58. The quantitative estimate of drug-likeness (QED) is 0.295. The Morgan fingerprint density at radius 2 is 1.38 bits per heavy atom. The minimum Gasteiger partial charge on any atom is -0.769 e. The molecule has 1 unspecified atom stereocenters. The second-order valence-electron chi connectivity index (χ2n) is 0.217. The molecule has 0 aliphatic rings. The van der Waals surface area contributed by atoms with Crippen molar-refractivity contribution in [1.29, 1.82) is 0 Å². The van der Waals surface area contributed by atoms with Crippen molar-refractivity contribution in [2.24, 2.45) is 0 Å². The van der Waals surface area contributed by atoms with Crippen molar-refractivity contribution in [3.8, 4) is 0 Å². The van der Waals surface area contributed by atoms with Gasteiger partial charge in [0.2, 0.25) is 0 Å². The van der Waals surface area contributed by atoms with Crippen molar-refractivity contribution < 1.29 is 77.1 Å². The maximum absolute atomic E-state index is 8.56. The molecule has 8 heteroatoms. The minimum absolute atomic E-state index is 0. The molecule has 0 amide bonds. The van der Waals surface area contributed by atoms with E-state index >= 15 is 0 Å². The van der Waals surface area contributed by atoms with E-state index in [1.807, 2.05) is 0 Å². The summed E-state index contributed by atoms with van der Waals surface area (Å²) in [6.45, 7) is 0. The van der Waals surface area contributed by atoms with Crippen molar-refractivity contribution in [2.45, 2.75) is 0 Å². The van der Waals surface area contributed by atoms with Crippen LogP contribution in [0.4, 0.5) is 0 Å². The number of rotatable bonds is 0. The van der Waals surface area contributed by atoms with Crippen LogP contribution >= 0.6 is 11.9 Å². The van der Waals surface area contributed by atoms with Crippen LogP contribution in [0.1, 0.15) is 0 Å².